The second-order valence-corrected chi connectivity index (χ2v) is 4.59. The van der Waals surface area contributed by atoms with Crippen molar-refractivity contribution in [3.05, 3.63) is 52.3 Å². The van der Waals surface area contributed by atoms with Gasteiger partial charge in [0.1, 0.15) is 5.75 Å². The zero-order chi connectivity index (χ0) is 15.2. The predicted molar refractivity (Wildman–Crippen MR) is 82.3 cm³/mol. The van der Waals surface area contributed by atoms with Gasteiger partial charge in [-0.1, -0.05) is 6.07 Å². The number of hydrogen-bond acceptors (Lipinski definition) is 3. The summed E-state index contributed by atoms with van der Waals surface area (Å²) in [5.74, 6) is 0.813. The first-order chi connectivity index (χ1) is 10.2. The molecule has 0 N–H and O–H groups in total. The van der Waals surface area contributed by atoms with E-state index in [1.54, 1.807) is 10.6 Å². The van der Waals surface area contributed by atoms with Gasteiger partial charge >= 0.3 is 0 Å². The minimum atomic E-state index is -0.0922. The standard InChI is InChI=1S/C17H18N2O2/c1-3-19-16(10-7-14(11-12-18)17(19)20)13-5-8-15(9-6-13)21-4-2/h5-10H,3-4,11H2,1-2H3. The molecule has 1 heterocycles. The molecule has 0 atom stereocenters. The molecule has 0 saturated carbocycles. The van der Waals surface area contributed by atoms with Gasteiger partial charge < -0.3 is 9.30 Å². The molecule has 1 aromatic carbocycles. The van der Waals surface area contributed by atoms with Crippen molar-refractivity contribution >= 4 is 0 Å². The summed E-state index contributed by atoms with van der Waals surface area (Å²) in [4.78, 5) is 12.3. The van der Waals surface area contributed by atoms with Crippen LogP contribution in [0, 0.1) is 11.3 Å². The average Bonchev–Trinajstić information content (AvgIpc) is 2.50. The first kappa shape index (κ1) is 14.9. The van der Waals surface area contributed by atoms with Crippen LogP contribution in [0.3, 0.4) is 0 Å². The smallest absolute Gasteiger partial charge is 0.255 e. The van der Waals surface area contributed by atoms with Crippen LogP contribution < -0.4 is 10.3 Å². The number of rotatable bonds is 5. The molecule has 0 unspecified atom stereocenters. The molecule has 4 nitrogen and oxygen atoms in total. The number of aromatic nitrogens is 1. The maximum Gasteiger partial charge on any atom is 0.255 e. The van der Waals surface area contributed by atoms with Gasteiger partial charge in [-0.2, -0.15) is 5.26 Å². The molecule has 0 amide bonds. The number of nitrogens with zero attached hydrogens (tertiary/aromatic N) is 2. The molecule has 0 aliphatic rings. The lowest BCUT2D eigenvalue weighted by atomic mass is 10.1. The van der Waals surface area contributed by atoms with E-state index in [1.165, 1.54) is 0 Å². The third-order valence-electron chi connectivity index (χ3n) is 3.30. The largest absolute Gasteiger partial charge is 0.494 e. The lowest BCUT2D eigenvalue weighted by molar-refractivity contribution is 0.340. The van der Waals surface area contributed by atoms with Crippen LogP contribution in [-0.4, -0.2) is 11.2 Å². The molecule has 4 heteroatoms. The second-order valence-electron chi connectivity index (χ2n) is 4.59. The van der Waals surface area contributed by atoms with Crippen LogP contribution in [0.1, 0.15) is 19.4 Å². The maximum atomic E-state index is 12.3. The molecule has 0 aliphatic heterocycles. The molecule has 0 spiro atoms. The van der Waals surface area contributed by atoms with Crippen LogP contribution >= 0.6 is 0 Å². The molecule has 0 radical (unpaired) electrons. The van der Waals surface area contributed by atoms with E-state index in [9.17, 15) is 4.79 Å². The van der Waals surface area contributed by atoms with E-state index in [0.29, 0.717) is 18.7 Å². The number of hydrogen-bond donors (Lipinski definition) is 0. The number of benzene rings is 1. The Kier molecular flexibility index (Phi) is 4.78. The molecule has 2 aromatic rings. The van der Waals surface area contributed by atoms with Gasteiger partial charge in [0.25, 0.3) is 5.56 Å². The van der Waals surface area contributed by atoms with E-state index in [2.05, 4.69) is 0 Å². The lowest BCUT2D eigenvalue weighted by Crippen LogP contribution is -2.24. The van der Waals surface area contributed by atoms with Crippen molar-refractivity contribution in [2.75, 3.05) is 6.61 Å². The normalized spacial score (nSPS) is 10.1. The van der Waals surface area contributed by atoms with Gasteiger partial charge in [-0.25, -0.2) is 0 Å². The van der Waals surface area contributed by atoms with Crippen LogP contribution in [0.25, 0.3) is 11.3 Å². The molecule has 0 fully saturated rings. The fraction of sp³-hybridized carbons (Fsp3) is 0.294. The van der Waals surface area contributed by atoms with Crippen LogP contribution in [0.5, 0.6) is 5.75 Å². The molecule has 0 saturated heterocycles. The molecule has 1 aromatic heterocycles. The summed E-state index contributed by atoms with van der Waals surface area (Å²) in [5.41, 5.74) is 2.26. The van der Waals surface area contributed by atoms with Crippen molar-refractivity contribution in [3.63, 3.8) is 0 Å². The number of pyridine rings is 1. The SMILES string of the molecule is CCOc1ccc(-c2ccc(CC#N)c(=O)n2CC)cc1. The minimum absolute atomic E-state index is 0.0922. The summed E-state index contributed by atoms with van der Waals surface area (Å²) in [6.07, 6.45) is 0.141. The molecule has 108 valence electrons. The molecular formula is C17H18N2O2. The summed E-state index contributed by atoms with van der Waals surface area (Å²) < 4.78 is 7.12. The summed E-state index contributed by atoms with van der Waals surface area (Å²) in [6.45, 7) is 5.06. The summed E-state index contributed by atoms with van der Waals surface area (Å²) in [6, 6.07) is 13.3. The number of nitriles is 1. The van der Waals surface area contributed by atoms with E-state index >= 15 is 0 Å². The predicted octanol–water partition coefficient (Wildman–Crippen LogP) is 3.00. The third kappa shape index (κ3) is 3.14. The van der Waals surface area contributed by atoms with Gasteiger partial charge in [-0.05, 0) is 49.7 Å². The quantitative estimate of drug-likeness (QED) is 0.847. The van der Waals surface area contributed by atoms with Gasteiger partial charge in [-0.3, -0.25) is 4.79 Å². The van der Waals surface area contributed by atoms with Crippen LogP contribution in [0.4, 0.5) is 0 Å². The highest BCUT2D eigenvalue weighted by Crippen LogP contribution is 2.22. The van der Waals surface area contributed by atoms with Crippen molar-refractivity contribution in [2.24, 2.45) is 0 Å². The van der Waals surface area contributed by atoms with Crippen molar-refractivity contribution in [1.82, 2.24) is 4.57 Å². The first-order valence-electron chi connectivity index (χ1n) is 7.04. The Morgan fingerprint density at radius 2 is 1.86 bits per heavy atom. The Morgan fingerprint density at radius 1 is 1.14 bits per heavy atom. The van der Waals surface area contributed by atoms with E-state index in [4.69, 9.17) is 10.00 Å². The molecule has 0 aliphatic carbocycles. The molecule has 21 heavy (non-hydrogen) atoms. The highest BCUT2D eigenvalue weighted by atomic mass is 16.5. The fourth-order valence-corrected chi connectivity index (χ4v) is 2.30. The number of ether oxygens (including phenoxy) is 1. The Labute approximate surface area is 124 Å². The maximum absolute atomic E-state index is 12.3. The van der Waals surface area contributed by atoms with Gasteiger partial charge in [0.15, 0.2) is 0 Å². The Morgan fingerprint density at radius 3 is 2.43 bits per heavy atom. The van der Waals surface area contributed by atoms with Gasteiger partial charge in [0.05, 0.1) is 24.8 Å². The average molecular weight is 282 g/mol. The van der Waals surface area contributed by atoms with Crippen LogP contribution in [0.2, 0.25) is 0 Å². The van der Waals surface area contributed by atoms with Crippen molar-refractivity contribution in [3.8, 4) is 23.1 Å². The topological polar surface area (TPSA) is 55.0 Å². The summed E-state index contributed by atoms with van der Waals surface area (Å²) in [5, 5.41) is 8.76. The second kappa shape index (κ2) is 6.76. The first-order valence-corrected chi connectivity index (χ1v) is 7.04. The van der Waals surface area contributed by atoms with Crippen molar-refractivity contribution < 1.29 is 4.74 Å². The van der Waals surface area contributed by atoms with E-state index in [0.717, 1.165) is 17.0 Å². The highest BCUT2D eigenvalue weighted by molar-refractivity contribution is 5.61. The van der Waals surface area contributed by atoms with Gasteiger partial charge in [0.2, 0.25) is 0 Å². The van der Waals surface area contributed by atoms with E-state index in [1.807, 2.05) is 50.2 Å². The van der Waals surface area contributed by atoms with Crippen LogP contribution in [-0.2, 0) is 13.0 Å². The van der Waals surface area contributed by atoms with Crippen LogP contribution in [0.15, 0.2) is 41.2 Å². The summed E-state index contributed by atoms with van der Waals surface area (Å²) in [7, 11) is 0. The van der Waals surface area contributed by atoms with E-state index in [-0.39, 0.29) is 12.0 Å². The van der Waals surface area contributed by atoms with Gasteiger partial charge in [-0.15, -0.1) is 0 Å². The zero-order valence-corrected chi connectivity index (χ0v) is 12.3. The fourth-order valence-electron chi connectivity index (χ4n) is 2.30. The third-order valence-corrected chi connectivity index (χ3v) is 3.30. The summed E-state index contributed by atoms with van der Waals surface area (Å²) >= 11 is 0. The molecule has 0 bridgehead atoms. The Hall–Kier alpha value is -2.54. The Bertz CT molecular complexity index is 709. The molecule has 2 rings (SSSR count). The van der Waals surface area contributed by atoms with Crippen molar-refractivity contribution in [1.29, 1.82) is 5.26 Å². The lowest BCUT2D eigenvalue weighted by Gasteiger charge is -2.13. The van der Waals surface area contributed by atoms with Crippen molar-refractivity contribution in [2.45, 2.75) is 26.8 Å². The van der Waals surface area contributed by atoms with Gasteiger partial charge in [0, 0.05) is 12.1 Å². The minimum Gasteiger partial charge on any atom is -0.494 e. The zero-order valence-electron chi connectivity index (χ0n) is 12.3. The van der Waals surface area contributed by atoms with E-state index < -0.39 is 0 Å². The molecular weight excluding hydrogens is 264 g/mol. The highest BCUT2D eigenvalue weighted by Gasteiger charge is 2.09. The monoisotopic (exact) mass is 282 g/mol. The Balaban J connectivity index is 2.46.